The van der Waals surface area contributed by atoms with Gasteiger partial charge in [-0.3, -0.25) is 4.79 Å². The van der Waals surface area contributed by atoms with E-state index in [1.807, 2.05) is 0 Å². The van der Waals surface area contributed by atoms with Crippen LogP contribution in [0.4, 0.5) is 0 Å². The van der Waals surface area contributed by atoms with Crippen LogP contribution in [0.5, 0.6) is 0 Å². The van der Waals surface area contributed by atoms with Gasteiger partial charge in [0.15, 0.2) is 0 Å². The Labute approximate surface area is 98.6 Å². The zero-order valence-corrected chi connectivity index (χ0v) is 10.6. The number of carbonyl (C=O) groups is 1. The molecule has 2 fully saturated rings. The molecule has 3 nitrogen and oxygen atoms in total. The van der Waals surface area contributed by atoms with E-state index in [0.717, 1.165) is 44.8 Å². The van der Waals surface area contributed by atoms with Crippen LogP contribution >= 0.6 is 0 Å². The SMILES string of the molecule is CCN(CC1CC1)C(=O)C1(CC)CCCN1. The van der Waals surface area contributed by atoms with Crippen molar-refractivity contribution in [3.63, 3.8) is 0 Å². The van der Waals surface area contributed by atoms with Gasteiger partial charge in [0, 0.05) is 13.1 Å². The maximum atomic E-state index is 12.6. The summed E-state index contributed by atoms with van der Waals surface area (Å²) in [7, 11) is 0. The highest BCUT2D eigenvalue weighted by Gasteiger charge is 2.42. The fourth-order valence-corrected chi connectivity index (χ4v) is 2.71. The third-order valence-electron chi connectivity index (χ3n) is 4.10. The van der Waals surface area contributed by atoms with Crippen molar-refractivity contribution in [1.29, 1.82) is 0 Å². The molecular weight excluding hydrogens is 200 g/mol. The van der Waals surface area contributed by atoms with Crippen LogP contribution in [-0.4, -0.2) is 36.0 Å². The van der Waals surface area contributed by atoms with E-state index in [9.17, 15) is 4.79 Å². The number of hydrogen-bond donors (Lipinski definition) is 1. The summed E-state index contributed by atoms with van der Waals surface area (Å²) in [4.78, 5) is 14.6. The van der Waals surface area contributed by atoms with Crippen LogP contribution in [0.1, 0.15) is 46.0 Å². The van der Waals surface area contributed by atoms with Crippen LogP contribution in [0, 0.1) is 5.92 Å². The third kappa shape index (κ3) is 2.24. The van der Waals surface area contributed by atoms with Crippen molar-refractivity contribution >= 4 is 5.91 Å². The highest BCUT2D eigenvalue weighted by Crippen LogP contribution is 2.32. The molecule has 0 aromatic rings. The van der Waals surface area contributed by atoms with Crippen LogP contribution in [0.25, 0.3) is 0 Å². The highest BCUT2D eigenvalue weighted by molar-refractivity contribution is 5.86. The Hall–Kier alpha value is -0.570. The summed E-state index contributed by atoms with van der Waals surface area (Å²) in [5.41, 5.74) is -0.231. The summed E-state index contributed by atoms with van der Waals surface area (Å²) in [6.45, 7) is 7.07. The van der Waals surface area contributed by atoms with Crippen molar-refractivity contribution in [2.45, 2.75) is 51.5 Å². The highest BCUT2D eigenvalue weighted by atomic mass is 16.2. The van der Waals surface area contributed by atoms with E-state index in [2.05, 4.69) is 24.1 Å². The molecule has 1 saturated heterocycles. The van der Waals surface area contributed by atoms with Crippen molar-refractivity contribution in [1.82, 2.24) is 10.2 Å². The van der Waals surface area contributed by atoms with Crippen LogP contribution in [0.3, 0.4) is 0 Å². The van der Waals surface area contributed by atoms with E-state index in [4.69, 9.17) is 0 Å². The monoisotopic (exact) mass is 224 g/mol. The van der Waals surface area contributed by atoms with Gasteiger partial charge in [0.2, 0.25) is 5.91 Å². The van der Waals surface area contributed by atoms with Crippen molar-refractivity contribution < 1.29 is 4.79 Å². The van der Waals surface area contributed by atoms with Gasteiger partial charge < -0.3 is 10.2 Å². The largest absolute Gasteiger partial charge is 0.341 e. The summed E-state index contributed by atoms with van der Waals surface area (Å²) in [5.74, 6) is 1.14. The number of nitrogens with zero attached hydrogens (tertiary/aromatic N) is 1. The first-order chi connectivity index (χ1) is 7.72. The minimum absolute atomic E-state index is 0.231. The molecule has 2 rings (SSSR count). The zero-order valence-electron chi connectivity index (χ0n) is 10.6. The Kier molecular flexibility index (Phi) is 3.53. The normalized spacial score (nSPS) is 29.4. The Morgan fingerprint density at radius 2 is 2.19 bits per heavy atom. The van der Waals surface area contributed by atoms with Crippen LogP contribution in [0.2, 0.25) is 0 Å². The molecule has 2 aliphatic rings. The summed E-state index contributed by atoms with van der Waals surface area (Å²) in [6.07, 6.45) is 5.71. The van der Waals surface area contributed by atoms with Gasteiger partial charge in [0.1, 0.15) is 0 Å². The van der Waals surface area contributed by atoms with Gasteiger partial charge in [-0.05, 0) is 51.5 Å². The minimum atomic E-state index is -0.231. The molecule has 0 bridgehead atoms. The fourth-order valence-electron chi connectivity index (χ4n) is 2.71. The van der Waals surface area contributed by atoms with Gasteiger partial charge >= 0.3 is 0 Å². The maximum absolute atomic E-state index is 12.6. The Bertz CT molecular complexity index is 255. The molecule has 1 N–H and O–H groups in total. The first-order valence-electron chi connectivity index (χ1n) is 6.76. The lowest BCUT2D eigenvalue weighted by Crippen LogP contribution is -2.54. The molecule has 16 heavy (non-hydrogen) atoms. The zero-order chi connectivity index (χ0) is 11.6. The minimum Gasteiger partial charge on any atom is -0.341 e. The second kappa shape index (κ2) is 4.74. The second-order valence-electron chi connectivity index (χ2n) is 5.25. The molecule has 3 heteroatoms. The standard InChI is InChI=1S/C13H24N2O/c1-3-13(8-5-9-14-13)12(16)15(4-2)10-11-6-7-11/h11,14H,3-10H2,1-2H3. The number of nitrogens with one attached hydrogen (secondary N) is 1. The number of hydrogen-bond acceptors (Lipinski definition) is 2. The first kappa shape index (κ1) is 11.9. The number of carbonyl (C=O) groups excluding carboxylic acids is 1. The van der Waals surface area contributed by atoms with Gasteiger partial charge in [-0.2, -0.15) is 0 Å². The van der Waals surface area contributed by atoms with Gasteiger partial charge in [0.05, 0.1) is 5.54 Å². The van der Waals surface area contributed by atoms with E-state index in [1.54, 1.807) is 0 Å². The lowest BCUT2D eigenvalue weighted by Gasteiger charge is -2.33. The van der Waals surface area contributed by atoms with E-state index in [1.165, 1.54) is 12.8 Å². The van der Waals surface area contributed by atoms with Crippen LogP contribution in [-0.2, 0) is 4.79 Å². The van der Waals surface area contributed by atoms with E-state index < -0.39 is 0 Å². The van der Waals surface area contributed by atoms with Gasteiger partial charge in [0.25, 0.3) is 0 Å². The number of likely N-dealkylation sites (N-methyl/N-ethyl adjacent to an activating group) is 1. The second-order valence-corrected chi connectivity index (χ2v) is 5.25. The van der Waals surface area contributed by atoms with Crippen molar-refractivity contribution in [2.24, 2.45) is 5.92 Å². The number of amides is 1. The molecule has 0 aromatic carbocycles. The third-order valence-corrected chi connectivity index (χ3v) is 4.10. The average Bonchev–Trinajstić information content (AvgIpc) is 2.99. The maximum Gasteiger partial charge on any atom is 0.242 e. The number of rotatable bonds is 5. The molecule has 1 saturated carbocycles. The topological polar surface area (TPSA) is 32.3 Å². The Balaban J connectivity index is 2.01. The smallest absolute Gasteiger partial charge is 0.242 e. The molecule has 1 heterocycles. The Morgan fingerprint density at radius 3 is 2.62 bits per heavy atom. The molecule has 1 unspecified atom stereocenters. The molecule has 0 aromatic heterocycles. The molecule has 1 aliphatic heterocycles. The fraction of sp³-hybridized carbons (Fsp3) is 0.923. The molecule has 0 radical (unpaired) electrons. The van der Waals surface area contributed by atoms with Gasteiger partial charge in [-0.25, -0.2) is 0 Å². The Morgan fingerprint density at radius 1 is 1.44 bits per heavy atom. The molecule has 1 aliphatic carbocycles. The lowest BCUT2D eigenvalue weighted by molar-refractivity contribution is -0.138. The summed E-state index contributed by atoms with van der Waals surface area (Å²) >= 11 is 0. The summed E-state index contributed by atoms with van der Waals surface area (Å²) in [6, 6.07) is 0. The predicted molar refractivity (Wildman–Crippen MR) is 65.2 cm³/mol. The van der Waals surface area contributed by atoms with E-state index in [-0.39, 0.29) is 5.54 Å². The average molecular weight is 224 g/mol. The van der Waals surface area contributed by atoms with Crippen molar-refractivity contribution in [3.8, 4) is 0 Å². The lowest BCUT2D eigenvalue weighted by atomic mass is 9.92. The van der Waals surface area contributed by atoms with Crippen molar-refractivity contribution in [3.05, 3.63) is 0 Å². The first-order valence-corrected chi connectivity index (χ1v) is 6.76. The molecular formula is C13H24N2O. The quantitative estimate of drug-likeness (QED) is 0.772. The van der Waals surface area contributed by atoms with E-state index in [0.29, 0.717) is 5.91 Å². The summed E-state index contributed by atoms with van der Waals surface area (Å²) in [5, 5.41) is 3.44. The predicted octanol–water partition coefficient (Wildman–Crippen LogP) is 1.78. The van der Waals surface area contributed by atoms with Crippen LogP contribution < -0.4 is 5.32 Å². The summed E-state index contributed by atoms with van der Waals surface area (Å²) < 4.78 is 0. The molecule has 1 amide bonds. The van der Waals surface area contributed by atoms with Gasteiger partial charge in [-0.15, -0.1) is 0 Å². The molecule has 92 valence electrons. The van der Waals surface area contributed by atoms with E-state index >= 15 is 0 Å². The van der Waals surface area contributed by atoms with Gasteiger partial charge in [-0.1, -0.05) is 6.92 Å². The molecule has 1 atom stereocenters. The van der Waals surface area contributed by atoms with Crippen molar-refractivity contribution in [2.75, 3.05) is 19.6 Å². The van der Waals surface area contributed by atoms with Crippen LogP contribution in [0.15, 0.2) is 0 Å². The molecule has 0 spiro atoms.